The molecular weight excluding hydrogens is 451 g/mol. The molecule has 2 amide bonds. The molecule has 1 aliphatic rings. The molecule has 3 rings (SSSR count). The molecule has 2 aromatic rings. The van der Waals surface area contributed by atoms with Crippen molar-refractivity contribution in [1.29, 1.82) is 0 Å². The van der Waals surface area contributed by atoms with Gasteiger partial charge in [0.2, 0.25) is 11.8 Å². The number of anilines is 1. The standard InChI is InChI=1S/C24H28Cl2N2O4/c1-31-19-12-13-20(21(14-19)32-2)28(22(29)15-25)23(16-8-10-17(26)11-9-16)24(30)27-18-6-4-3-5-7-18/h8-14,18,23H,3-7,15H2,1-2H3,(H,27,30)/t23-/m1/s1. The van der Waals surface area contributed by atoms with Crippen LogP contribution < -0.4 is 19.7 Å². The third-order valence-electron chi connectivity index (χ3n) is 5.67. The molecule has 0 aliphatic heterocycles. The Morgan fingerprint density at radius 3 is 2.34 bits per heavy atom. The first-order valence-electron chi connectivity index (χ1n) is 10.6. The number of carbonyl (C=O) groups excluding carboxylic acids is 2. The zero-order chi connectivity index (χ0) is 23.1. The van der Waals surface area contributed by atoms with Gasteiger partial charge in [-0.3, -0.25) is 14.5 Å². The predicted octanol–water partition coefficient (Wildman–Crippen LogP) is 5.12. The largest absolute Gasteiger partial charge is 0.497 e. The van der Waals surface area contributed by atoms with Crippen molar-refractivity contribution in [1.82, 2.24) is 5.32 Å². The van der Waals surface area contributed by atoms with Gasteiger partial charge >= 0.3 is 0 Å². The van der Waals surface area contributed by atoms with Gasteiger partial charge in [0.15, 0.2) is 0 Å². The second-order valence-corrected chi connectivity index (χ2v) is 8.44. The highest BCUT2D eigenvalue weighted by Gasteiger charge is 2.35. The van der Waals surface area contributed by atoms with Gasteiger partial charge in [-0.25, -0.2) is 0 Å². The van der Waals surface area contributed by atoms with Crippen LogP contribution >= 0.6 is 23.2 Å². The Morgan fingerprint density at radius 2 is 1.75 bits per heavy atom. The van der Waals surface area contributed by atoms with Crippen LogP contribution in [-0.2, 0) is 9.59 Å². The summed E-state index contributed by atoms with van der Waals surface area (Å²) in [6.45, 7) is 0. The number of hydrogen-bond donors (Lipinski definition) is 1. The number of rotatable bonds is 8. The van der Waals surface area contributed by atoms with E-state index in [1.165, 1.54) is 18.4 Å². The van der Waals surface area contributed by atoms with E-state index >= 15 is 0 Å². The van der Waals surface area contributed by atoms with Crippen molar-refractivity contribution < 1.29 is 19.1 Å². The summed E-state index contributed by atoms with van der Waals surface area (Å²) >= 11 is 12.1. The van der Waals surface area contributed by atoms with Gasteiger partial charge in [-0.1, -0.05) is 43.0 Å². The first kappa shape index (κ1) is 24.2. The van der Waals surface area contributed by atoms with E-state index in [0.717, 1.165) is 25.7 Å². The minimum atomic E-state index is -0.942. The van der Waals surface area contributed by atoms with E-state index in [9.17, 15) is 9.59 Å². The molecule has 2 aromatic carbocycles. The lowest BCUT2D eigenvalue weighted by atomic mass is 9.94. The predicted molar refractivity (Wildman–Crippen MR) is 127 cm³/mol. The molecular formula is C24H28Cl2N2O4. The first-order chi connectivity index (χ1) is 15.5. The zero-order valence-corrected chi connectivity index (χ0v) is 19.8. The number of nitrogens with zero attached hydrogens (tertiary/aromatic N) is 1. The maximum Gasteiger partial charge on any atom is 0.248 e. The molecule has 0 aromatic heterocycles. The fourth-order valence-corrected chi connectivity index (χ4v) is 4.31. The Kier molecular flexibility index (Phi) is 8.65. The van der Waals surface area contributed by atoms with Crippen molar-refractivity contribution in [2.45, 2.75) is 44.2 Å². The summed E-state index contributed by atoms with van der Waals surface area (Å²) < 4.78 is 10.8. The summed E-state index contributed by atoms with van der Waals surface area (Å²) in [5, 5.41) is 3.69. The summed E-state index contributed by atoms with van der Waals surface area (Å²) in [6, 6.07) is 11.1. The van der Waals surface area contributed by atoms with Crippen LogP contribution in [0.15, 0.2) is 42.5 Å². The first-order valence-corrected chi connectivity index (χ1v) is 11.6. The third-order valence-corrected chi connectivity index (χ3v) is 6.15. The number of alkyl halides is 1. The van der Waals surface area contributed by atoms with Gasteiger partial charge in [-0.2, -0.15) is 0 Å². The Hall–Kier alpha value is -2.44. The van der Waals surface area contributed by atoms with Crippen LogP contribution in [-0.4, -0.2) is 38.0 Å². The minimum absolute atomic E-state index is 0.0803. The van der Waals surface area contributed by atoms with Crippen LogP contribution in [0.25, 0.3) is 0 Å². The van der Waals surface area contributed by atoms with Crippen LogP contribution in [0.3, 0.4) is 0 Å². The molecule has 1 atom stereocenters. The second-order valence-electron chi connectivity index (χ2n) is 7.73. The molecule has 1 fully saturated rings. The van der Waals surface area contributed by atoms with Gasteiger partial charge in [0.1, 0.15) is 23.4 Å². The normalized spacial score (nSPS) is 15.0. The van der Waals surface area contributed by atoms with E-state index in [1.54, 1.807) is 49.6 Å². The molecule has 8 heteroatoms. The van der Waals surface area contributed by atoms with Crippen molar-refractivity contribution in [3.05, 3.63) is 53.1 Å². The summed E-state index contributed by atoms with van der Waals surface area (Å²) in [7, 11) is 3.05. The van der Waals surface area contributed by atoms with E-state index in [1.807, 2.05) is 0 Å². The monoisotopic (exact) mass is 478 g/mol. The number of halogens is 2. The van der Waals surface area contributed by atoms with Crippen LogP contribution in [0.2, 0.25) is 5.02 Å². The van der Waals surface area contributed by atoms with Gasteiger partial charge < -0.3 is 14.8 Å². The average molecular weight is 479 g/mol. The molecule has 0 heterocycles. The van der Waals surface area contributed by atoms with E-state index < -0.39 is 11.9 Å². The van der Waals surface area contributed by atoms with Crippen molar-refractivity contribution in [2.24, 2.45) is 0 Å². The smallest absolute Gasteiger partial charge is 0.248 e. The number of nitrogens with one attached hydrogen (secondary N) is 1. The van der Waals surface area contributed by atoms with E-state index in [4.69, 9.17) is 32.7 Å². The highest BCUT2D eigenvalue weighted by Crippen LogP contribution is 2.38. The molecule has 172 valence electrons. The Morgan fingerprint density at radius 1 is 1.06 bits per heavy atom. The van der Waals surface area contributed by atoms with Crippen molar-refractivity contribution >= 4 is 40.7 Å². The summed E-state index contributed by atoms with van der Waals surface area (Å²) in [6.07, 6.45) is 5.18. The Balaban J connectivity index is 2.08. The lowest BCUT2D eigenvalue weighted by molar-refractivity contribution is -0.126. The molecule has 1 aliphatic carbocycles. The number of methoxy groups -OCH3 is 2. The Labute approximate surface area is 198 Å². The lowest BCUT2D eigenvalue weighted by Crippen LogP contribution is -2.47. The third kappa shape index (κ3) is 5.67. The van der Waals surface area contributed by atoms with E-state index in [2.05, 4.69) is 5.32 Å². The molecule has 0 spiro atoms. The van der Waals surface area contributed by atoms with Gasteiger partial charge in [0, 0.05) is 17.1 Å². The average Bonchev–Trinajstić information content (AvgIpc) is 2.83. The van der Waals surface area contributed by atoms with Crippen LogP contribution in [0.1, 0.15) is 43.7 Å². The van der Waals surface area contributed by atoms with E-state index in [-0.39, 0.29) is 17.8 Å². The second kappa shape index (κ2) is 11.4. The van der Waals surface area contributed by atoms with E-state index in [0.29, 0.717) is 27.8 Å². The van der Waals surface area contributed by atoms with Crippen LogP contribution in [0.4, 0.5) is 5.69 Å². The zero-order valence-electron chi connectivity index (χ0n) is 18.3. The molecule has 0 bridgehead atoms. The summed E-state index contributed by atoms with van der Waals surface area (Å²) in [4.78, 5) is 28.1. The highest BCUT2D eigenvalue weighted by molar-refractivity contribution is 6.30. The highest BCUT2D eigenvalue weighted by atomic mass is 35.5. The molecule has 32 heavy (non-hydrogen) atoms. The number of benzene rings is 2. The molecule has 0 radical (unpaired) electrons. The minimum Gasteiger partial charge on any atom is -0.497 e. The molecule has 1 saturated carbocycles. The van der Waals surface area contributed by atoms with Crippen LogP contribution in [0, 0.1) is 0 Å². The molecule has 0 saturated heterocycles. The SMILES string of the molecule is COc1ccc(N(C(=O)CCl)[C@@H](C(=O)NC2CCCCC2)c2ccc(Cl)cc2)c(OC)c1. The quantitative estimate of drug-likeness (QED) is 0.534. The van der Waals surface area contributed by atoms with Gasteiger partial charge in [-0.15, -0.1) is 11.6 Å². The lowest BCUT2D eigenvalue weighted by Gasteiger charge is -2.34. The molecule has 1 N–H and O–H groups in total. The van der Waals surface area contributed by atoms with Gasteiger partial charge in [0.05, 0.1) is 19.9 Å². The fourth-order valence-electron chi connectivity index (χ4n) is 4.06. The molecule has 0 unspecified atom stereocenters. The summed E-state index contributed by atoms with van der Waals surface area (Å²) in [5.41, 5.74) is 1.05. The van der Waals surface area contributed by atoms with Crippen LogP contribution in [0.5, 0.6) is 11.5 Å². The Bertz CT molecular complexity index is 930. The fraction of sp³-hybridized carbons (Fsp3) is 0.417. The number of carbonyl (C=O) groups is 2. The maximum absolute atomic E-state index is 13.6. The maximum atomic E-state index is 13.6. The molecule has 6 nitrogen and oxygen atoms in total. The van der Waals surface area contributed by atoms with Gasteiger partial charge in [0.25, 0.3) is 0 Å². The number of hydrogen-bond acceptors (Lipinski definition) is 4. The van der Waals surface area contributed by atoms with Crippen molar-refractivity contribution in [2.75, 3.05) is 25.0 Å². The number of ether oxygens (including phenoxy) is 2. The van der Waals surface area contributed by atoms with Crippen molar-refractivity contribution in [3.8, 4) is 11.5 Å². The topological polar surface area (TPSA) is 67.9 Å². The van der Waals surface area contributed by atoms with Gasteiger partial charge in [-0.05, 0) is 42.7 Å². The van der Waals surface area contributed by atoms with Crippen molar-refractivity contribution in [3.63, 3.8) is 0 Å². The number of amides is 2. The summed E-state index contributed by atoms with van der Waals surface area (Å²) in [5.74, 6) is -0.0223.